The van der Waals surface area contributed by atoms with E-state index in [4.69, 9.17) is 4.42 Å². The average molecular weight is 564 g/mol. The number of aromatic nitrogens is 3. The largest absolute Gasteiger partial charge is 0.452 e. The third-order valence-electron chi connectivity index (χ3n) is 8.51. The van der Waals surface area contributed by atoms with Gasteiger partial charge in [0.05, 0.1) is 11.0 Å². The van der Waals surface area contributed by atoms with Crippen LogP contribution in [0.15, 0.2) is 156 Å². The molecule has 3 aromatic heterocycles. The number of para-hydroxylation sites is 2. The summed E-state index contributed by atoms with van der Waals surface area (Å²) in [5.74, 6) is 0. The van der Waals surface area contributed by atoms with Crippen LogP contribution in [-0.2, 0) is 0 Å². The van der Waals surface area contributed by atoms with Gasteiger partial charge in [-0.15, -0.1) is 0 Å². The number of benzene rings is 6. The molecule has 0 N–H and O–H groups in total. The summed E-state index contributed by atoms with van der Waals surface area (Å²) in [4.78, 5) is 9.21. The third-order valence-corrected chi connectivity index (χ3v) is 8.51. The van der Waals surface area contributed by atoms with Crippen molar-refractivity contribution in [3.63, 3.8) is 0 Å². The number of hydrogen-bond donors (Lipinski definition) is 0. The van der Waals surface area contributed by atoms with Crippen molar-refractivity contribution in [3.05, 3.63) is 152 Å². The third kappa shape index (κ3) is 3.85. The fourth-order valence-corrected chi connectivity index (χ4v) is 6.44. The fraction of sp³-hybridized carbons (Fsp3) is 0. The summed E-state index contributed by atoms with van der Waals surface area (Å²) in [6, 6.07) is 51.3. The van der Waals surface area contributed by atoms with Gasteiger partial charge in [-0.25, -0.2) is 9.97 Å². The summed E-state index contributed by atoms with van der Waals surface area (Å²) in [6.07, 6.45) is 1.63. The summed E-state index contributed by atoms with van der Waals surface area (Å²) in [5, 5.41) is 3.44. The molecule has 0 aliphatic carbocycles. The Balaban J connectivity index is 1.24. The molecular formula is C40H25N3O. The van der Waals surface area contributed by atoms with Gasteiger partial charge in [0.1, 0.15) is 23.1 Å². The first-order valence-corrected chi connectivity index (χ1v) is 14.7. The van der Waals surface area contributed by atoms with E-state index < -0.39 is 0 Å². The minimum absolute atomic E-state index is 0.709. The Bertz CT molecular complexity index is 2490. The van der Waals surface area contributed by atoms with Crippen molar-refractivity contribution in [2.75, 3.05) is 0 Å². The van der Waals surface area contributed by atoms with E-state index in [1.165, 1.54) is 32.9 Å². The lowest BCUT2D eigenvalue weighted by molar-refractivity contribution is 0.667. The highest BCUT2D eigenvalue weighted by molar-refractivity contribution is 6.12. The number of furan rings is 1. The van der Waals surface area contributed by atoms with Gasteiger partial charge in [0.25, 0.3) is 0 Å². The first kappa shape index (κ1) is 24.6. The van der Waals surface area contributed by atoms with E-state index in [9.17, 15) is 0 Å². The zero-order valence-electron chi connectivity index (χ0n) is 23.7. The molecule has 0 aliphatic rings. The van der Waals surface area contributed by atoms with Gasteiger partial charge in [0.15, 0.2) is 5.58 Å². The van der Waals surface area contributed by atoms with E-state index in [1.54, 1.807) is 6.33 Å². The molecule has 9 rings (SSSR count). The van der Waals surface area contributed by atoms with E-state index in [-0.39, 0.29) is 0 Å². The van der Waals surface area contributed by atoms with E-state index in [0.717, 1.165) is 44.6 Å². The maximum absolute atomic E-state index is 6.25. The molecule has 206 valence electrons. The Morgan fingerprint density at radius 1 is 0.455 bits per heavy atom. The molecule has 4 heteroatoms. The standard InChI is InChI=1S/C40H25N3O/c1-3-10-26(11-4-1)28-18-20-35-33(23-28)34-24-29(19-21-36(34)43(35)31-14-5-2-6-15-31)27-12-9-13-30(22-27)38-40-39(42-25-41-38)32-16-7-8-17-37(32)44-40/h1-25H. The second kappa shape index (κ2) is 9.79. The lowest BCUT2D eigenvalue weighted by Crippen LogP contribution is -1.93. The monoisotopic (exact) mass is 563 g/mol. The Morgan fingerprint density at radius 2 is 1.07 bits per heavy atom. The molecular weight excluding hydrogens is 538 g/mol. The lowest BCUT2D eigenvalue weighted by Gasteiger charge is -2.09. The molecule has 0 aliphatic heterocycles. The molecule has 44 heavy (non-hydrogen) atoms. The second-order valence-corrected chi connectivity index (χ2v) is 11.1. The summed E-state index contributed by atoms with van der Waals surface area (Å²) < 4.78 is 8.61. The van der Waals surface area contributed by atoms with E-state index in [0.29, 0.717) is 5.58 Å². The van der Waals surface area contributed by atoms with E-state index >= 15 is 0 Å². The van der Waals surface area contributed by atoms with Crippen molar-refractivity contribution in [2.45, 2.75) is 0 Å². The lowest BCUT2D eigenvalue weighted by atomic mass is 9.98. The molecule has 6 aromatic carbocycles. The van der Waals surface area contributed by atoms with Crippen LogP contribution in [0, 0.1) is 0 Å². The van der Waals surface area contributed by atoms with E-state index in [1.807, 2.05) is 24.3 Å². The highest BCUT2D eigenvalue weighted by Gasteiger charge is 2.17. The molecule has 0 fully saturated rings. The van der Waals surface area contributed by atoms with Gasteiger partial charge in [-0.05, 0) is 76.9 Å². The first-order valence-electron chi connectivity index (χ1n) is 14.7. The highest BCUT2D eigenvalue weighted by atomic mass is 16.3. The average Bonchev–Trinajstić information content (AvgIpc) is 3.64. The van der Waals surface area contributed by atoms with Crippen molar-refractivity contribution < 1.29 is 4.42 Å². The smallest absolute Gasteiger partial charge is 0.180 e. The topological polar surface area (TPSA) is 43.9 Å². The molecule has 4 nitrogen and oxygen atoms in total. The second-order valence-electron chi connectivity index (χ2n) is 11.1. The van der Waals surface area contributed by atoms with Crippen molar-refractivity contribution in [2.24, 2.45) is 0 Å². The normalized spacial score (nSPS) is 11.6. The highest BCUT2D eigenvalue weighted by Crippen LogP contribution is 2.38. The van der Waals surface area contributed by atoms with Crippen LogP contribution < -0.4 is 0 Å². The molecule has 0 bridgehead atoms. The molecule has 0 spiro atoms. The van der Waals surface area contributed by atoms with Gasteiger partial charge in [-0.3, -0.25) is 0 Å². The minimum atomic E-state index is 0.709. The quantitative estimate of drug-likeness (QED) is 0.214. The van der Waals surface area contributed by atoms with Crippen LogP contribution in [0.2, 0.25) is 0 Å². The number of nitrogens with zero attached hydrogens (tertiary/aromatic N) is 3. The Labute approximate surface area is 253 Å². The van der Waals surface area contributed by atoms with Crippen LogP contribution in [0.1, 0.15) is 0 Å². The zero-order valence-corrected chi connectivity index (χ0v) is 23.7. The molecule has 0 saturated carbocycles. The van der Waals surface area contributed by atoms with Gasteiger partial charge in [0, 0.05) is 27.4 Å². The molecule has 0 unspecified atom stereocenters. The van der Waals surface area contributed by atoms with Gasteiger partial charge < -0.3 is 8.98 Å². The van der Waals surface area contributed by atoms with Crippen LogP contribution >= 0.6 is 0 Å². The molecule has 3 heterocycles. The van der Waals surface area contributed by atoms with Crippen LogP contribution in [0.4, 0.5) is 0 Å². The maximum atomic E-state index is 6.25. The van der Waals surface area contributed by atoms with Crippen LogP contribution in [0.5, 0.6) is 0 Å². The SMILES string of the molecule is c1ccc(-c2ccc3c(c2)c2cc(-c4cccc(-c5ncnc6c5oc5ccccc56)c4)ccc2n3-c2ccccc2)cc1. The molecule has 0 amide bonds. The summed E-state index contributed by atoms with van der Waals surface area (Å²) >= 11 is 0. The van der Waals surface area contributed by atoms with Crippen molar-refractivity contribution in [1.82, 2.24) is 14.5 Å². The van der Waals surface area contributed by atoms with Crippen molar-refractivity contribution in [3.8, 4) is 39.2 Å². The Kier molecular flexibility index (Phi) is 5.47. The minimum Gasteiger partial charge on any atom is -0.452 e. The Morgan fingerprint density at radius 3 is 1.84 bits per heavy atom. The predicted molar refractivity (Wildman–Crippen MR) is 180 cm³/mol. The van der Waals surface area contributed by atoms with Gasteiger partial charge >= 0.3 is 0 Å². The number of rotatable bonds is 4. The van der Waals surface area contributed by atoms with Gasteiger partial charge in [0.2, 0.25) is 0 Å². The molecule has 0 radical (unpaired) electrons. The van der Waals surface area contributed by atoms with Crippen LogP contribution in [0.3, 0.4) is 0 Å². The van der Waals surface area contributed by atoms with Gasteiger partial charge in [-0.2, -0.15) is 0 Å². The summed E-state index contributed by atoms with van der Waals surface area (Å²) in [6.45, 7) is 0. The van der Waals surface area contributed by atoms with E-state index in [2.05, 4.69) is 136 Å². The van der Waals surface area contributed by atoms with Crippen molar-refractivity contribution in [1.29, 1.82) is 0 Å². The van der Waals surface area contributed by atoms with Crippen LogP contribution in [0.25, 0.3) is 83.1 Å². The Hall–Kier alpha value is -6.00. The molecule has 0 atom stereocenters. The number of fused-ring (bicyclic) bond motifs is 6. The van der Waals surface area contributed by atoms with Crippen molar-refractivity contribution >= 4 is 43.9 Å². The number of hydrogen-bond acceptors (Lipinski definition) is 3. The fourth-order valence-electron chi connectivity index (χ4n) is 6.44. The molecule has 9 aromatic rings. The molecule has 0 saturated heterocycles. The summed E-state index contributed by atoms with van der Waals surface area (Å²) in [7, 11) is 0. The first-order chi connectivity index (χ1) is 21.8. The van der Waals surface area contributed by atoms with Gasteiger partial charge in [-0.1, -0.05) is 91.0 Å². The summed E-state index contributed by atoms with van der Waals surface area (Å²) in [5.41, 5.74) is 12.3. The van der Waals surface area contributed by atoms with Crippen LogP contribution in [-0.4, -0.2) is 14.5 Å². The zero-order chi connectivity index (χ0) is 29.0. The maximum Gasteiger partial charge on any atom is 0.180 e. The predicted octanol–water partition coefficient (Wildman–Crippen LogP) is 10.5.